The minimum Gasteiger partial charge on any atom is -0.251 e. The average Bonchev–Trinajstić information content (AvgIpc) is 0.962. The van der Waals surface area contributed by atoms with Crippen LogP contribution in [0.15, 0.2) is 70.7 Å². The summed E-state index contributed by atoms with van der Waals surface area (Å²) in [5.74, 6) is 14.1. The van der Waals surface area contributed by atoms with Gasteiger partial charge in [0.2, 0.25) is 0 Å². The first-order valence-corrected chi connectivity index (χ1v) is 42.7. The van der Waals surface area contributed by atoms with Gasteiger partial charge in [0, 0.05) is 24.0 Å². The molecule has 0 aliphatic rings. The fourth-order valence-corrected chi connectivity index (χ4v) is 13.7. The van der Waals surface area contributed by atoms with E-state index >= 15 is 0 Å². The minimum atomic E-state index is 0.925. The van der Waals surface area contributed by atoms with Crippen LogP contribution in [0.3, 0.4) is 0 Å². The second kappa shape index (κ2) is 72.4. The molecule has 94 heavy (non-hydrogen) atoms. The maximum absolute atomic E-state index is 5.52. The van der Waals surface area contributed by atoms with Crippen LogP contribution in [0.25, 0.3) is 0 Å². The van der Waals surface area contributed by atoms with Crippen LogP contribution in [0.2, 0.25) is 0 Å². The molecule has 0 radical (unpaired) electrons. The number of nitrogens with zero attached hydrogens (tertiary/aromatic N) is 2. The van der Waals surface area contributed by atoms with Gasteiger partial charge >= 0.3 is 0 Å². The van der Waals surface area contributed by atoms with Crippen LogP contribution < -0.4 is 0 Å². The maximum atomic E-state index is 5.52. The fraction of sp³-hybridized carbons (Fsp3) is 0.783. The molecule has 0 heterocycles. The Morgan fingerprint density at radius 1 is 0.277 bits per heavy atom. The molecule has 0 aliphatic carbocycles. The van der Waals surface area contributed by atoms with E-state index in [4.69, 9.17) is 9.98 Å². The van der Waals surface area contributed by atoms with E-state index in [-0.39, 0.29) is 0 Å². The van der Waals surface area contributed by atoms with E-state index in [9.17, 15) is 0 Å². The van der Waals surface area contributed by atoms with Crippen LogP contribution in [0.1, 0.15) is 475 Å². The summed E-state index contributed by atoms with van der Waals surface area (Å²) in [6.45, 7) is 9.23. The van der Waals surface area contributed by atoms with Gasteiger partial charge in [-0.05, 0) is 81.0 Å². The Kier molecular flexibility index (Phi) is 66.8. The van der Waals surface area contributed by atoms with Crippen molar-refractivity contribution < 1.29 is 0 Å². The second-order valence-electron chi connectivity index (χ2n) is 29.4. The van der Waals surface area contributed by atoms with Gasteiger partial charge < -0.3 is 0 Å². The van der Waals surface area contributed by atoms with Crippen molar-refractivity contribution in [3.63, 3.8) is 0 Å². The molecule has 2 aromatic carbocycles. The largest absolute Gasteiger partial charge is 0.251 e. The van der Waals surface area contributed by atoms with E-state index in [2.05, 4.69) is 112 Å². The highest BCUT2D eigenvalue weighted by Gasteiger charge is 2.10. The lowest BCUT2D eigenvalue weighted by Gasteiger charge is -2.10. The highest BCUT2D eigenvalue weighted by molar-refractivity contribution is 6.47. The minimum absolute atomic E-state index is 0.925. The highest BCUT2D eigenvalue weighted by atomic mass is 14.8. The Labute approximate surface area is 589 Å². The lowest BCUT2D eigenvalue weighted by atomic mass is 10.0. The van der Waals surface area contributed by atoms with E-state index in [1.54, 1.807) is 0 Å². The molecule has 0 atom stereocenters. The quantitative estimate of drug-likeness (QED) is 0.0358. The van der Waals surface area contributed by atoms with Crippen molar-refractivity contribution in [3.05, 3.63) is 71.8 Å². The number of hydrogen-bond acceptors (Lipinski definition) is 2. The first-order valence-electron chi connectivity index (χ1n) is 42.7. The van der Waals surface area contributed by atoms with Crippen molar-refractivity contribution in [2.24, 2.45) is 9.98 Å². The zero-order valence-electron chi connectivity index (χ0n) is 63.8. The number of aliphatic imine (C=N–C) groups is 2. The zero-order valence-corrected chi connectivity index (χ0v) is 63.8. The van der Waals surface area contributed by atoms with Crippen molar-refractivity contribution in [1.82, 2.24) is 0 Å². The standard InChI is InChI=1S/C92H158N2/c1-5-9-13-17-21-25-29-31-33-35-37-39-41-42-43-44-45-46-48-50-52-54-56-58-62-66-70-74-84-92(94-90-82-76-80-88(86-90)78-72-68-64-60-28-24-20-16-12-8-4)91(93-89-81-75-79-87(85-89)77-71-67-63-59-27-23-19-15-11-7-3)83-73-69-65-61-57-55-53-51-49-47-40-38-36-34-32-30-26-22-18-14-10-6-2/h73,75-76,79-83,85-86H,5-70,74,84H2,1-4H3. The summed E-state index contributed by atoms with van der Waals surface area (Å²) >= 11 is 0. The van der Waals surface area contributed by atoms with Gasteiger partial charge in [0.25, 0.3) is 0 Å². The Bertz CT molecular complexity index is 2110. The Balaban J connectivity index is 1.98. The molecule has 0 bridgehead atoms. The summed E-state index contributed by atoms with van der Waals surface area (Å²) in [7, 11) is 0. The number of hydrogen-bond donors (Lipinski definition) is 0. The topological polar surface area (TPSA) is 24.7 Å². The van der Waals surface area contributed by atoms with Crippen molar-refractivity contribution in [2.75, 3.05) is 0 Å². The van der Waals surface area contributed by atoms with Crippen molar-refractivity contribution in [2.45, 2.75) is 464 Å². The lowest BCUT2D eigenvalue weighted by molar-refractivity contribution is 0.514. The molecule has 0 aromatic heterocycles. The molecule has 0 N–H and O–H groups in total. The molecule has 0 saturated carbocycles. The molecule has 0 spiro atoms. The van der Waals surface area contributed by atoms with E-state index in [0.29, 0.717) is 0 Å². The third-order valence-corrected chi connectivity index (χ3v) is 20.0. The summed E-state index contributed by atoms with van der Waals surface area (Å²) in [5.41, 5.74) is 6.20. The van der Waals surface area contributed by atoms with Crippen LogP contribution in [-0.4, -0.2) is 11.4 Å². The number of benzene rings is 2. The van der Waals surface area contributed by atoms with Gasteiger partial charge in [-0.1, -0.05) is 455 Å². The molecule has 0 aliphatic heterocycles. The van der Waals surface area contributed by atoms with Crippen LogP contribution in [-0.2, 0) is 0 Å². The Morgan fingerprint density at radius 3 is 0.809 bits per heavy atom. The van der Waals surface area contributed by atoms with E-state index < -0.39 is 0 Å². The third-order valence-electron chi connectivity index (χ3n) is 20.0. The smallest absolute Gasteiger partial charge is 0.0848 e. The molecule has 2 rings (SSSR count). The van der Waals surface area contributed by atoms with Crippen molar-refractivity contribution >= 4 is 22.8 Å². The molecule has 0 saturated heterocycles. The van der Waals surface area contributed by atoms with Gasteiger partial charge in [0.15, 0.2) is 0 Å². The molecule has 2 nitrogen and oxygen atoms in total. The molecule has 536 valence electrons. The highest BCUT2D eigenvalue weighted by Crippen LogP contribution is 2.24. The van der Waals surface area contributed by atoms with Crippen molar-refractivity contribution in [1.29, 1.82) is 0 Å². The zero-order chi connectivity index (χ0) is 66.9. The SMILES string of the molecule is CCCCCCCCCCC#Cc1cccc(N=C(C=CCCCCCCCCCCCCCCCCCCCCCC)C(CCCCCCCCCCCCCCCCCCCCCCCCCCCCCC)=Nc2cccc(C#CCCCCCCCCCC)c2)c1. The number of unbranched alkanes of at least 4 members (excludes halogenated alkanes) is 63. The Hall–Kier alpha value is -3.36. The molecular weight excluding hydrogens is 1130 g/mol. The number of rotatable bonds is 70. The molecule has 0 fully saturated rings. The molecule has 2 aromatic rings. The van der Waals surface area contributed by atoms with Gasteiger partial charge in [-0.25, -0.2) is 4.99 Å². The summed E-state index contributed by atoms with van der Waals surface area (Å²) in [4.78, 5) is 11.0. The summed E-state index contributed by atoms with van der Waals surface area (Å²) < 4.78 is 0. The summed E-state index contributed by atoms with van der Waals surface area (Å²) in [5, 5.41) is 0. The van der Waals surface area contributed by atoms with Crippen LogP contribution >= 0.6 is 0 Å². The van der Waals surface area contributed by atoms with Gasteiger partial charge in [0.1, 0.15) is 0 Å². The molecule has 0 amide bonds. The first kappa shape index (κ1) is 86.7. The lowest BCUT2D eigenvalue weighted by Crippen LogP contribution is -2.12. The third kappa shape index (κ3) is 59.9. The van der Waals surface area contributed by atoms with Gasteiger partial charge in [0.05, 0.1) is 22.8 Å². The van der Waals surface area contributed by atoms with Crippen LogP contribution in [0, 0.1) is 23.7 Å². The summed E-state index contributed by atoms with van der Waals surface area (Å²) in [6, 6.07) is 17.4. The van der Waals surface area contributed by atoms with Gasteiger partial charge in [-0.15, -0.1) is 0 Å². The second-order valence-corrected chi connectivity index (χ2v) is 29.4. The predicted molar refractivity (Wildman–Crippen MR) is 427 cm³/mol. The molecular formula is C92H158N2. The van der Waals surface area contributed by atoms with Crippen molar-refractivity contribution in [3.8, 4) is 23.7 Å². The fourth-order valence-electron chi connectivity index (χ4n) is 13.7. The van der Waals surface area contributed by atoms with Gasteiger partial charge in [-0.3, -0.25) is 4.99 Å². The van der Waals surface area contributed by atoms with Gasteiger partial charge in [-0.2, -0.15) is 0 Å². The van der Waals surface area contributed by atoms with Crippen LogP contribution in [0.4, 0.5) is 11.4 Å². The van der Waals surface area contributed by atoms with E-state index in [1.807, 2.05) is 0 Å². The monoisotopic (exact) mass is 1290 g/mol. The average molecular weight is 1290 g/mol. The molecule has 2 heteroatoms. The van der Waals surface area contributed by atoms with Crippen LogP contribution in [0.5, 0.6) is 0 Å². The van der Waals surface area contributed by atoms with E-state index in [0.717, 1.165) is 66.0 Å². The molecule has 0 unspecified atom stereocenters. The van der Waals surface area contributed by atoms with E-state index in [1.165, 1.54) is 405 Å². The summed E-state index contributed by atoms with van der Waals surface area (Å²) in [6.07, 6.45) is 98.1. The number of allylic oxidation sites excluding steroid dienone is 2. The Morgan fingerprint density at radius 2 is 0.521 bits per heavy atom. The maximum Gasteiger partial charge on any atom is 0.0848 e. The normalized spacial score (nSPS) is 11.9. The first-order chi connectivity index (χ1) is 46.7. The predicted octanol–water partition coefficient (Wildman–Crippen LogP) is 32.4.